The third kappa shape index (κ3) is 2.93. The number of carbonyl (C=O) groups excluding carboxylic acids is 1. The Labute approximate surface area is 159 Å². The Balaban J connectivity index is 1.69. The summed E-state index contributed by atoms with van der Waals surface area (Å²) in [5.74, 6) is 0.519. The molecule has 2 aromatic heterocycles. The van der Waals surface area contributed by atoms with Gasteiger partial charge >= 0.3 is 6.09 Å². The smallest absolute Gasteiger partial charge is 0.410 e. The van der Waals surface area contributed by atoms with E-state index in [1.54, 1.807) is 6.92 Å². The topological polar surface area (TPSA) is 95.4 Å². The standard InChI is InChI=1S/C17H17ClN4O3S/c1-7-13(26-16(19-7)21-17(24)25)11-5-10-6-22(8(2)9-3-4-9)15(23)12(10)14(18)20-11/h5,8-9H,3-4,6H2,1-2H3,(H,19,21)(H,24,25). The molecule has 0 bridgehead atoms. The van der Waals surface area contributed by atoms with Crippen molar-refractivity contribution >= 4 is 40.1 Å². The van der Waals surface area contributed by atoms with E-state index in [0.717, 1.165) is 23.3 Å². The highest BCUT2D eigenvalue weighted by Crippen LogP contribution is 2.41. The van der Waals surface area contributed by atoms with Gasteiger partial charge in [-0.05, 0) is 44.2 Å². The molecule has 1 atom stereocenters. The van der Waals surface area contributed by atoms with Crippen molar-refractivity contribution in [2.75, 3.05) is 5.32 Å². The second-order valence-corrected chi connectivity index (χ2v) is 8.06. The average Bonchev–Trinajstić information content (AvgIpc) is 3.27. The predicted molar refractivity (Wildman–Crippen MR) is 98.8 cm³/mol. The normalized spacial score (nSPS) is 17.3. The first-order valence-electron chi connectivity index (χ1n) is 8.33. The van der Waals surface area contributed by atoms with Gasteiger partial charge in [0.05, 0.1) is 21.8 Å². The first-order valence-corrected chi connectivity index (χ1v) is 9.52. The van der Waals surface area contributed by atoms with E-state index in [9.17, 15) is 9.59 Å². The number of amides is 2. The first kappa shape index (κ1) is 17.2. The maximum absolute atomic E-state index is 12.7. The SMILES string of the molecule is Cc1nc(NC(=O)O)sc1-c1cc2c(c(Cl)n1)C(=O)N(C(C)C1CC1)C2. The van der Waals surface area contributed by atoms with Gasteiger partial charge in [0.1, 0.15) is 5.15 Å². The molecule has 1 aliphatic heterocycles. The second kappa shape index (κ2) is 6.21. The zero-order chi connectivity index (χ0) is 18.6. The summed E-state index contributed by atoms with van der Waals surface area (Å²) >= 11 is 7.54. The van der Waals surface area contributed by atoms with E-state index in [0.29, 0.717) is 29.4 Å². The minimum absolute atomic E-state index is 0.0577. The number of nitrogens with zero attached hydrogens (tertiary/aromatic N) is 3. The number of halogens is 1. The van der Waals surface area contributed by atoms with Crippen LogP contribution in [0.4, 0.5) is 9.93 Å². The Kier molecular flexibility index (Phi) is 4.11. The van der Waals surface area contributed by atoms with Crippen LogP contribution in [0.1, 0.15) is 41.4 Å². The number of fused-ring (bicyclic) bond motifs is 1. The summed E-state index contributed by atoms with van der Waals surface area (Å²) in [5.41, 5.74) is 2.61. The molecule has 2 N–H and O–H groups in total. The van der Waals surface area contributed by atoms with Crippen molar-refractivity contribution in [2.24, 2.45) is 5.92 Å². The molecule has 0 aromatic carbocycles. The molecule has 1 aliphatic carbocycles. The summed E-state index contributed by atoms with van der Waals surface area (Å²) in [6.45, 7) is 4.40. The lowest BCUT2D eigenvalue weighted by Gasteiger charge is -2.23. The fourth-order valence-corrected chi connectivity index (χ4v) is 4.58. The van der Waals surface area contributed by atoms with E-state index in [2.05, 4.69) is 22.2 Å². The lowest BCUT2D eigenvalue weighted by Crippen LogP contribution is -2.34. The molecule has 1 unspecified atom stereocenters. The number of aryl methyl sites for hydroxylation is 1. The van der Waals surface area contributed by atoms with Gasteiger partial charge in [0.15, 0.2) is 5.13 Å². The maximum atomic E-state index is 12.7. The van der Waals surface area contributed by atoms with Crippen LogP contribution in [0.3, 0.4) is 0 Å². The van der Waals surface area contributed by atoms with Crippen molar-refractivity contribution in [3.05, 3.63) is 28.0 Å². The van der Waals surface area contributed by atoms with Gasteiger partial charge in [-0.2, -0.15) is 0 Å². The molecule has 1 fully saturated rings. The molecule has 136 valence electrons. The van der Waals surface area contributed by atoms with Crippen LogP contribution in [0.25, 0.3) is 10.6 Å². The van der Waals surface area contributed by atoms with Gasteiger partial charge in [0.2, 0.25) is 0 Å². The average molecular weight is 393 g/mol. The van der Waals surface area contributed by atoms with E-state index in [1.807, 2.05) is 11.0 Å². The number of thiazole rings is 1. The molecule has 2 amide bonds. The van der Waals surface area contributed by atoms with Crippen LogP contribution in [0.5, 0.6) is 0 Å². The van der Waals surface area contributed by atoms with Gasteiger partial charge in [0.25, 0.3) is 5.91 Å². The number of hydrogen-bond acceptors (Lipinski definition) is 5. The zero-order valence-electron chi connectivity index (χ0n) is 14.2. The number of carboxylic acid groups (broad SMARTS) is 1. The van der Waals surface area contributed by atoms with Crippen molar-refractivity contribution < 1.29 is 14.7 Å². The predicted octanol–water partition coefficient (Wildman–Crippen LogP) is 4.01. The molecular formula is C17H17ClN4O3S. The van der Waals surface area contributed by atoms with E-state index in [1.165, 1.54) is 11.3 Å². The van der Waals surface area contributed by atoms with Crippen LogP contribution in [0.15, 0.2) is 6.07 Å². The highest BCUT2D eigenvalue weighted by atomic mass is 35.5. The third-order valence-electron chi connectivity index (χ3n) is 4.91. The monoisotopic (exact) mass is 392 g/mol. The van der Waals surface area contributed by atoms with Crippen LogP contribution in [0.2, 0.25) is 5.15 Å². The summed E-state index contributed by atoms with van der Waals surface area (Å²) in [6.07, 6.45) is 1.16. The minimum atomic E-state index is -1.17. The number of carbonyl (C=O) groups is 2. The Morgan fingerprint density at radius 3 is 2.85 bits per heavy atom. The number of nitrogens with one attached hydrogen (secondary N) is 1. The largest absolute Gasteiger partial charge is 0.465 e. The molecule has 0 spiro atoms. The van der Waals surface area contributed by atoms with Crippen LogP contribution in [-0.4, -0.2) is 38.0 Å². The van der Waals surface area contributed by atoms with Crippen molar-refractivity contribution in [3.63, 3.8) is 0 Å². The van der Waals surface area contributed by atoms with Crippen molar-refractivity contribution in [2.45, 2.75) is 39.3 Å². The van der Waals surface area contributed by atoms with Crippen LogP contribution < -0.4 is 5.32 Å². The summed E-state index contributed by atoms with van der Waals surface area (Å²) < 4.78 is 0. The Morgan fingerprint density at radius 2 is 2.19 bits per heavy atom. The zero-order valence-corrected chi connectivity index (χ0v) is 15.8. The maximum Gasteiger partial charge on any atom is 0.410 e. The van der Waals surface area contributed by atoms with Crippen LogP contribution in [-0.2, 0) is 6.54 Å². The lowest BCUT2D eigenvalue weighted by molar-refractivity contribution is 0.0697. The molecule has 2 aromatic rings. The highest BCUT2D eigenvalue weighted by Gasteiger charge is 2.40. The number of hydrogen-bond donors (Lipinski definition) is 2. The third-order valence-corrected chi connectivity index (χ3v) is 6.28. The van der Waals surface area contributed by atoms with Gasteiger partial charge in [-0.1, -0.05) is 22.9 Å². The molecule has 2 aliphatic rings. The fraction of sp³-hybridized carbons (Fsp3) is 0.412. The van der Waals surface area contributed by atoms with Crippen LogP contribution in [0, 0.1) is 12.8 Å². The number of anilines is 1. The summed E-state index contributed by atoms with van der Waals surface area (Å²) in [5, 5.41) is 11.6. The highest BCUT2D eigenvalue weighted by molar-refractivity contribution is 7.19. The molecule has 7 nitrogen and oxygen atoms in total. The second-order valence-electron chi connectivity index (χ2n) is 6.71. The fourth-order valence-electron chi connectivity index (χ4n) is 3.37. The molecule has 26 heavy (non-hydrogen) atoms. The van der Waals surface area contributed by atoms with Crippen molar-refractivity contribution in [1.29, 1.82) is 0 Å². The van der Waals surface area contributed by atoms with Gasteiger partial charge in [0, 0.05) is 12.6 Å². The van der Waals surface area contributed by atoms with Gasteiger partial charge in [-0.15, -0.1) is 0 Å². The molecule has 3 heterocycles. The Bertz CT molecular complexity index is 925. The molecule has 0 radical (unpaired) electrons. The first-order chi connectivity index (χ1) is 12.3. The Morgan fingerprint density at radius 1 is 1.46 bits per heavy atom. The molecule has 1 saturated carbocycles. The molecule has 9 heteroatoms. The number of aromatic nitrogens is 2. The van der Waals surface area contributed by atoms with Gasteiger partial charge in [-0.3, -0.25) is 10.1 Å². The molecule has 4 rings (SSSR count). The molecular weight excluding hydrogens is 376 g/mol. The number of pyridine rings is 1. The molecule has 0 saturated heterocycles. The van der Waals surface area contributed by atoms with Gasteiger partial charge in [-0.25, -0.2) is 14.8 Å². The quantitative estimate of drug-likeness (QED) is 0.766. The lowest BCUT2D eigenvalue weighted by atomic mass is 10.1. The minimum Gasteiger partial charge on any atom is -0.465 e. The number of rotatable bonds is 4. The van der Waals surface area contributed by atoms with E-state index in [-0.39, 0.29) is 22.2 Å². The van der Waals surface area contributed by atoms with E-state index < -0.39 is 6.09 Å². The summed E-state index contributed by atoms with van der Waals surface area (Å²) in [7, 11) is 0. The van der Waals surface area contributed by atoms with Crippen LogP contribution >= 0.6 is 22.9 Å². The van der Waals surface area contributed by atoms with E-state index in [4.69, 9.17) is 16.7 Å². The van der Waals surface area contributed by atoms with Crippen molar-refractivity contribution in [3.8, 4) is 10.6 Å². The summed E-state index contributed by atoms with van der Waals surface area (Å²) in [6, 6.07) is 2.06. The van der Waals surface area contributed by atoms with Crippen molar-refractivity contribution in [1.82, 2.24) is 14.9 Å². The Hall–Kier alpha value is -2.19. The van der Waals surface area contributed by atoms with Gasteiger partial charge < -0.3 is 10.0 Å². The summed E-state index contributed by atoms with van der Waals surface area (Å²) in [4.78, 5) is 34.8. The van der Waals surface area contributed by atoms with E-state index >= 15 is 0 Å².